The third-order valence-electron chi connectivity index (χ3n) is 3.82. The maximum atomic E-state index is 10.4. The molecule has 1 N–H and O–H groups in total. The molecule has 2 unspecified atom stereocenters. The molecule has 0 aliphatic heterocycles. The maximum Gasteiger partial charge on any atom is 0.161 e. The molecule has 0 aliphatic carbocycles. The Morgan fingerprint density at radius 3 is 2.24 bits per heavy atom. The zero-order valence-corrected chi connectivity index (χ0v) is 14.1. The molecule has 0 aliphatic rings. The van der Waals surface area contributed by atoms with Gasteiger partial charge in [0, 0.05) is 12.6 Å². The summed E-state index contributed by atoms with van der Waals surface area (Å²) in [5, 5.41) is 10.4. The Labute approximate surface area is 128 Å². The van der Waals surface area contributed by atoms with Gasteiger partial charge in [0.2, 0.25) is 0 Å². The molecule has 0 amide bonds. The summed E-state index contributed by atoms with van der Waals surface area (Å²) in [4.78, 5) is 2.20. The molecule has 1 rings (SSSR count). The molecule has 0 fully saturated rings. The predicted octanol–water partition coefficient (Wildman–Crippen LogP) is 3.10. The van der Waals surface area contributed by atoms with Crippen LogP contribution in [0.3, 0.4) is 0 Å². The molecular weight excluding hydrogens is 266 g/mol. The van der Waals surface area contributed by atoms with Crippen molar-refractivity contribution in [1.29, 1.82) is 0 Å². The molecule has 4 heteroatoms. The highest BCUT2D eigenvalue weighted by Gasteiger charge is 2.17. The lowest BCUT2D eigenvalue weighted by molar-refractivity contribution is 0.102. The lowest BCUT2D eigenvalue weighted by Gasteiger charge is -2.28. The summed E-state index contributed by atoms with van der Waals surface area (Å²) in [5.41, 5.74) is 0.844. The second kappa shape index (κ2) is 8.25. The Morgan fingerprint density at radius 2 is 1.71 bits per heavy atom. The fraction of sp³-hybridized carbons (Fsp3) is 0.647. The van der Waals surface area contributed by atoms with Crippen molar-refractivity contribution in [3.05, 3.63) is 23.8 Å². The van der Waals surface area contributed by atoms with Crippen LogP contribution in [0.4, 0.5) is 0 Å². The lowest BCUT2D eigenvalue weighted by atomic mass is 10.0. The van der Waals surface area contributed by atoms with Crippen molar-refractivity contribution in [3.8, 4) is 11.5 Å². The van der Waals surface area contributed by atoms with E-state index in [1.165, 1.54) is 0 Å². The van der Waals surface area contributed by atoms with Crippen molar-refractivity contribution < 1.29 is 14.6 Å². The fourth-order valence-electron chi connectivity index (χ4n) is 2.48. The van der Waals surface area contributed by atoms with Crippen LogP contribution in [0.25, 0.3) is 0 Å². The number of hydrogen-bond acceptors (Lipinski definition) is 4. The van der Waals surface area contributed by atoms with Gasteiger partial charge in [-0.3, -0.25) is 0 Å². The van der Waals surface area contributed by atoms with E-state index in [1.54, 1.807) is 14.2 Å². The molecule has 0 bridgehead atoms. The normalized spacial score (nSPS) is 14.3. The molecule has 0 saturated heterocycles. The standard InChI is InChI=1S/C17H29NO3/c1-12(2)9-13(3)18(4)11-15(19)14-7-8-16(20-5)17(10-14)21-6/h7-8,10,12-13,15,19H,9,11H2,1-6H3. The second-order valence-corrected chi connectivity index (χ2v) is 6.05. The van der Waals surface area contributed by atoms with E-state index in [0.29, 0.717) is 30.0 Å². The van der Waals surface area contributed by atoms with E-state index in [-0.39, 0.29) is 0 Å². The Balaban J connectivity index is 2.73. The zero-order valence-electron chi connectivity index (χ0n) is 14.1. The Hall–Kier alpha value is -1.26. The average Bonchev–Trinajstić information content (AvgIpc) is 2.45. The number of hydrogen-bond donors (Lipinski definition) is 1. The zero-order chi connectivity index (χ0) is 16.0. The van der Waals surface area contributed by atoms with Crippen LogP contribution < -0.4 is 9.47 Å². The number of nitrogens with zero attached hydrogens (tertiary/aromatic N) is 1. The van der Waals surface area contributed by atoms with Crippen molar-refractivity contribution in [1.82, 2.24) is 4.90 Å². The van der Waals surface area contributed by atoms with Crippen molar-refractivity contribution in [2.24, 2.45) is 5.92 Å². The first-order valence-electron chi connectivity index (χ1n) is 7.49. The van der Waals surface area contributed by atoms with E-state index in [1.807, 2.05) is 18.2 Å². The predicted molar refractivity (Wildman–Crippen MR) is 86.1 cm³/mol. The minimum atomic E-state index is -0.538. The van der Waals surface area contributed by atoms with Crippen LogP contribution >= 0.6 is 0 Å². The highest BCUT2D eigenvalue weighted by atomic mass is 16.5. The minimum absolute atomic E-state index is 0.444. The molecule has 1 aromatic carbocycles. The highest BCUT2D eigenvalue weighted by molar-refractivity contribution is 5.43. The lowest BCUT2D eigenvalue weighted by Crippen LogP contribution is -2.33. The van der Waals surface area contributed by atoms with Gasteiger partial charge in [-0.1, -0.05) is 19.9 Å². The summed E-state index contributed by atoms with van der Waals surface area (Å²) < 4.78 is 10.5. The third-order valence-corrected chi connectivity index (χ3v) is 3.82. The number of aliphatic hydroxyl groups excluding tert-OH is 1. The molecule has 4 nitrogen and oxygen atoms in total. The van der Waals surface area contributed by atoms with Crippen LogP contribution in [-0.2, 0) is 0 Å². The Kier molecular flexibility index (Phi) is 6.99. The van der Waals surface area contributed by atoms with Crippen LogP contribution in [0.2, 0.25) is 0 Å². The molecule has 2 atom stereocenters. The first-order valence-corrected chi connectivity index (χ1v) is 7.49. The van der Waals surface area contributed by atoms with E-state index in [2.05, 4.69) is 32.7 Å². The minimum Gasteiger partial charge on any atom is -0.493 e. The molecular formula is C17H29NO3. The van der Waals surface area contributed by atoms with Gasteiger partial charge in [0.05, 0.1) is 20.3 Å². The van der Waals surface area contributed by atoms with Crippen molar-refractivity contribution in [2.45, 2.75) is 39.3 Å². The summed E-state index contributed by atoms with van der Waals surface area (Å²) in [5.74, 6) is 1.97. The average molecular weight is 295 g/mol. The quantitative estimate of drug-likeness (QED) is 0.800. The number of rotatable bonds is 8. The summed E-state index contributed by atoms with van der Waals surface area (Å²) in [6, 6.07) is 5.99. The van der Waals surface area contributed by atoms with Gasteiger partial charge in [-0.25, -0.2) is 0 Å². The summed E-state index contributed by atoms with van der Waals surface area (Å²) in [6.07, 6.45) is 0.583. The molecule has 0 spiro atoms. The van der Waals surface area contributed by atoms with Gasteiger partial charge in [-0.15, -0.1) is 0 Å². The molecule has 0 heterocycles. The maximum absolute atomic E-state index is 10.4. The number of ether oxygens (including phenoxy) is 2. The largest absolute Gasteiger partial charge is 0.493 e. The molecule has 0 radical (unpaired) electrons. The van der Waals surface area contributed by atoms with E-state index >= 15 is 0 Å². The number of methoxy groups -OCH3 is 2. The monoisotopic (exact) mass is 295 g/mol. The molecule has 0 aromatic heterocycles. The number of aliphatic hydroxyl groups is 1. The van der Waals surface area contributed by atoms with E-state index < -0.39 is 6.10 Å². The van der Waals surface area contributed by atoms with Crippen molar-refractivity contribution >= 4 is 0 Å². The van der Waals surface area contributed by atoms with Gasteiger partial charge in [-0.2, -0.15) is 0 Å². The van der Waals surface area contributed by atoms with Crippen LogP contribution in [0.1, 0.15) is 38.9 Å². The molecule has 120 valence electrons. The van der Waals surface area contributed by atoms with Gasteiger partial charge < -0.3 is 19.5 Å². The Morgan fingerprint density at radius 1 is 1.10 bits per heavy atom. The summed E-state index contributed by atoms with van der Waals surface area (Å²) in [7, 11) is 5.26. The van der Waals surface area contributed by atoms with Gasteiger partial charge in [-0.05, 0) is 44.0 Å². The third kappa shape index (κ3) is 5.21. The first-order chi connectivity index (χ1) is 9.88. The Bertz CT molecular complexity index is 434. The fourth-order valence-corrected chi connectivity index (χ4v) is 2.48. The van der Waals surface area contributed by atoms with E-state index in [0.717, 1.165) is 12.0 Å². The van der Waals surface area contributed by atoms with Crippen LogP contribution in [0.15, 0.2) is 18.2 Å². The number of benzene rings is 1. The van der Waals surface area contributed by atoms with Crippen LogP contribution in [0.5, 0.6) is 11.5 Å². The van der Waals surface area contributed by atoms with Crippen molar-refractivity contribution in [3.63, 3.8) is 0 Å². The summed E-state index contributed by atoms with van der Waals surface area (Å²) >= 11 is 0. The van der Waals surface area contributed by atoms with Gasteiger partial charge in [0.25, 0.3) is 0 Å². The highest BCUT2D eigenvalue weighted by Crippen LogP contribution is 2.30. The summed E-state index contributed by atoms with van der Waals surface area (Å²) in [6.45, 7) is 7.23. The smallest absolute Gasteiger partial charge is 0.161 e. The van der Waals surface area contributed by atoms with Crippen molar-refractivity contribution in [2.75, 3.05) is 27.8 Å². The van der Waals surface area contributed by atoms with E-state index in [4.69, 9.17) is 9.47 Å². The van der Waals surface area contributed by atoms with Gasteiger partial charge in [0.1, 0.15) is 0 Å². The van der Waals surface area contributed by atoms with E-state index in [9.17, 15) is 5.11 Å². The van der Waals surface area contributed by atoms with Crippen LogP contribution in [0, 0.1) is 5.92 Å². The first kappa shape index (κ1) is 17.8. The number of likely N-dealkylation sites (N-methyl/N-ethyl adjacent to an activating group) is 1. The topological polar surface area (TPSA) is 41.9 Å². The second-order valence-electron chi connectivity index (χ2n) is 6.05. The molecule has 0 saturated carbocycles. The molecule has 21 heavy (non-hydrogen) atoms. The van der Waals surface area contributed by atoms with Gasteiger partial charge >= 0.3 is 0 Å². The SMILES string of the molecule is COc1ccc(C(O)CN(C)C(C)CC(C)C)cc1OC. The molecule has 1 aromatic rings. The van der Waals surface area contributed by atoms with Gasteiger partial charge in [0.15, 0.2) is 11.5 Å². The van der Waals surface area contributed by atoms with Crippen LogP contribution in [-0.4, -0.2) is 43.9 Å².